The monoisotopic (exact) mass is 310 g/mol. The smallest absolute Gasteiger partial charge is 0.311 e. The predicted molar refractivity (Wildman–Crippen MR) is 85.0 cm³/mol. The molecule has 0 bridgehead atoms. The number of nitro groups is 1. The van der Waals surface area contributed by atoms with Crippen LogP contribution < -0.4 is 0 Å². The number of rotatable bonds is 3. The Morgan fingerprint density at radius 1 is 1.17 bits per heavy atom. The number of imidazole rings is 1. The third kappa shape index (κ3) is 2.76. The molecule has 0 unspecified atom stereocenters. The quantitative estimate of drug-likeness (QED) is 0.570. The minimum atomic E-state index is -0.622. The van der Waals surface area contributed by atoms with Crippen molar-refractivity contribution in [2.45, 2.75) is 13.8 Å². The van der Waals surface area contributed by atoms with E-state index in [0.29, 0.717) is 28.5 Å². The average Bonchev–Trinajstić information content (AvgIpc) is 2.89. The number of hydrogen-bond donors (Lipinski definition) is 2. The molecule has 0 fully saturated rings. The van der Waals surface area contributed by atoms with E-state index < -0.39 is 4.92 Å². The zero-order valence-corrected chi connectivity index (χ0v) is 12.6. The van der Waals surface area contributed by atoms with Gasteiger partial charge in [-0.2, -0.15) is 0 Å². The highest BCUT2D eigenvalue weighted by Crippen LogP contribution is 2.34. The van der Waals surface area contributed by atoms with E-state index in [1.165, 1.54) is 12.1 Å². The number of aromatic amines is 1. The van der Waals surface area contributed by atoms with E-state index in [-0.39, 0.29) is 11.4 Å². The van der Waals surface area contributed by atoms with Gasteiger partial charge in [-0.25, -0.2) is 4.98 Å². The van der Waals surface area contributed by atoms with Gasteiger partial charge in [0.25, 0.3) is 0 Å². The molecule has 116 valence electrons. The largest absolute Gasteiger partial charge is 0.502 e. The third-order valence-corrected chi connectivity index (χ3v) is 3.41. The molecule has 0 aliphatic carbocycles. The molecule has 3 aromatic rings. The van der Waals surface area contributed by atoms with Crippen LogP contribution in [0.1, 0.15) is 11.5 Å². The first kappa shape index (κ1) is 14.7. The Hall–Kier alpha value is -3.22. The van der Waals surface area contributed by atoms with Crippen molar-refractivity contribution in [3.8, 4) is 28.4 Å². The van der Waals surface area contributed by atoms with Crippen molar-refractivity contribution in [2.75, 3.05) is 0 Å². The highest BCUT2D eigenvalue weighted by Gasteiger charge is 2.19. The third-order valence-electron chi connectivity index (χ3n) is 3.41. The summed E-state index contributed by atoms with van der Waals surface area (Å²) in [6, 6.07) is 9.82. The van der Waals surface area contributed by atoms with E-state index in [4.69, 9.17) is 0 Å². The number of nitrogens with one attached hydrogen (secondary N) is 1. The van der Waals surface area contributed by atoms with Crippen LogP contribution in [-0.2, 0) is 0 Å². The number of aryl methyl sites for hydroxylation is 2. The van der Waals surface area contributed by atoms with Gasteiger partial charge in [0.15, 0.2) is 5.75 Å². The van der Waals surface area contributed by atoms with Gasteiger partial charge >= 0.3 is 5.69 Å². The molecule has 7 heteroatoms. The highest BCUT2D eigenvalue weighted by molar-refractivity contribution is 5.78. The Morgan fingerprint density at radius 2 is 1.96 bits per heavy atom. The molecule has 0 spiro atoms. The van der Waals surface area contributed by atoms with Crippen LogP contribution >= 0.6 is 0 Å². The summed E-state index contributed by atoms with van der Waals surface area (Å²) in [5.41, 5.74) is 2.99. The summed E-state index contributed by atoms with van der Waals surface area (Å²) in [6.07, 6.45) is 0. The van der Waals surface area contributed by atoms with Crippen molar-refractivity contribution in [3.63, 3.8) is 0 Å². The predicted octanol–water partition coefficient (Wildman–Crippen LogP) is 3.37. The van der Waals surface area contributed by atoms with Crippen LogP contribution in [-0.4, -0.2) is 25.0 Å². The van der Waals surface area contributed by atoms with Crippen LogP contribution in [0.4, 0.5) is 5.69 Å². The highest BCUT2D eigenvalue weighted by atomic mass is 16.6. The Bertz CT molecular complexity index is 902. The standard InChI is InChI=1S/C16H14N4O3/c1-9-4-3-5-12(17-9)16-15(18-10(2)19-16)11-6-7-14(21)13(8-11)20(22)23/h3-8,21H,1-2H3,(H,18,19). The van der Waals surface area contributed by atoms with Gasteiger partial charge < -0.3 is 10.1 Å². The van der Waals surface area contributed by atoms with Crippen molar-refractivity contribution in [1.82, 2.24) is 15.0 Å². The fourth-order valence-electron chi connectivity index (χ4n) is 2.39. The number of nitrogens with zero attached hydrogens (tertiary/aromatic N) is 3. The Morgan fingerprint density at radius 3 is 2.65 bits per heavy atom. The topological polar surface area (TPSA) is 105 Å². The van der Waals surface area contributed by atoms with Crippen LogP contribution in [0.25, 0.3) is 22.6 Å². The van der Waals surface area contributed by atoms with E-state index in [1.54, 1.807) is 13.0 Å². The lowest BCUT2D eigenvalue weighted by molar-refractivity contribution is -0.385. The fourth-order valence-corrected chi connectivity index (χ4v) is 2.39. The number of phenolic OH excluding ortho intramolecular Hbond substituents is 1. The lowest BCUT2D eigenvalue weighted by Gasteiger charge is -2.04. The first-order valence-corrected chi connectivity index (χ1v) is 6.94. The maximum absolute atomic E-state index is 11.0. The van der Waals surface area contributed by atoms with Gasteiger partial charge in [0.05, 0.1) is 22.0 Å². The number of pyridine rings is 1. The molecule has 7 nitrogen and oxygen atoms in total. The van der Waals surface area contributed by atoms with Crippen molar-refractivity contribution < 1.29 is 10.0 Å². The van der Waals surface area contributed by atoms with Crippen LogP contribution in [0.5, 0.6) is 5.75 Å². The van der Waals surface area contributed by atoms with E-state index in [2.05, 4.69) is 15.0 Å². The molecule has 2 aromatic heterocycles. The summed E-state index contributed by atoms with van der Waals surface area (Å²) in [5, 5.41) is 20.6. The molecule has 0 amide bonds. The van der Waals surface area contributed by atoms with Crippen LogP contribution in [0.2, 0.25) is 0 Å². The molecule has 0 saturated carbocycles. The number of benzene rings is 1. The molecule has 0 aliphatic rings. The lowest BCUT2D eigenvalue weighted by Crippen LogP contribution is -1.92. The van der Waals surface area contributed by atoms with Gasteiger partial charge in [0.2, 0.25) is 0 Å². The zero-order valence-electron chi connectivity index (χ0n) is 12.6. The van der Waals surface area contributed by atoms with Crippen molar-refractivity contribution in [1.29, 1.82) is 0 Å². The summed E-state index contributed by atoms with van der Waals surface area (Å²) in [4.78, 5) is 22.4. The van der Waals surface area contributed by atoms with Crippen LogP contribution in [0.15, 0.2) is 36.4 Å². The van der Waals surface area contributed by atoms with E-state index in [9.17, 15) is 15.2 Å². The molecule has 0 radical (unpaired) electrons. The maximum Gasteiger partial charge on any atom is 0.311 e. The van der Waals surface area contributed by atoms with E-state index >= 15 is 0 Å². The van der Waals surface area contributed by atoms with E-state index in [0.717, 1.165) is 5.69 Å². The zero-order chi connectivity index (χ0) is 16.6. The fraction of sp³-hybridized carbons (Fsp3) is 0.125. The SMILES string of the molecule is Cc1cccc(-c2[nH]c(C)nc2-c2ccc(O)c([N+](=O)[O-])c2)n1. The maximum atomic E-state index is 11.0. The molecule has 2 heterocycles. The summed E-state index contributed by atoms with van der Waals surface area (Å²) in [6.45, 7) is 3.69. The molecule has 0 atom stereocenters. The normalized spacial score (nSPS) is 10.7. The molecule has 0 aliphatic heterocycles. The number of nitro benzene ring substituents is 1. The summed E-state index contributed by atoms with van der Waals surface area (Å²) >= 11 is 0. The molecular formula is C16H14N4O3. The van der Waals surface area contributed by atoms with E-state index in [1.807, 2.05) is 25.1 Å². The van der Waals surface area contributed by atoms with Gasteiger partial charge in [-0.1, -0.05) is 6.07 Å². The van der Waals surface area contributed by atoms with Gasteiger partial charge in [-0.3, -0.25) is 15.1 Å². The molecular weight excluding hydrogens is 296 g/mol. The summed E-state index contributed by atoms with van der Waals surface area (Å²) < 4.78 is 0. The number of H-pyrrole nitrogens is 1. The van der Waals surface area contributed by atoms with Crippen LogP contribution in [0.3, 0.4) is 0 Å². The summed E-state index contributed by atoms with van der Waals surface area (Å²) in [5.74, 6) is 0.301. The molecule has 0 saturated heterocycles. The minimum Gasteiger partial charge on any atom is -0.502 e. The van der Waals surface area contributed by atoms with Crippen molar-refractivity contribution in [2.24, 2.45) is 0 Å². The number of phenols is 1. The first-order valence-electron chi connectivity index (χ1n) is 6.94. The second-order valence-electron chi connectivity index (χ2n) is 5.17. The molecule has 23 heavy (non-hydrogen) atoms. The molecule has 3 rings (SSSR count). The van der Waals surface area contributed by atoms with Gasteiger partial charge in [-0.05, 0) is 38.1 Å². The Kier molecular flexibility index (Phi) is 3.53. The molecule has 2 N–H and O–H groups in total. The number of hydrogen-bond acceptors (Lipinski definition) is 5. The number of aromatic nitrogens is 3. The van der Waals surface area contributed by atoms with Gasteiger partial charge in [0, 0.05) is 17.3 Å². The Balaban J connectivity index is 2.18. The van der Waals surface area contributed by atoms with Crippen LogP contribution in [0, 0.1) is 24.0 Å². The Labute approximate surface area is 131 Å². The second-order valence-corrected chi connectivity index (χ2v) is 5.17. The minimum absolute atomic E-state index is 0.355. The van der Waals surface area contributed by atoms with Gasteiger partial charge in [-0.15, -0.1) is 0 Å². The first-order chi connectivity index (χ1) is 11.0. The average molecular weight is 310 g/mol. The number of aromatic hydroxyl groups is 1. The van der Waals surface area contributed by atoms with Gasteiger partial charge in [0.1, 0.15) is 5.82 Å². The van der Waals surface area contributed by atoms with Crippen molar-refractivity contribution in [3.05, 3.63) is 58.0 Å². The summed E-state index contributed by atoms with van der Waals surface area (Å²) in [7, 11) is 0. The molecule has 1 aromatic carbocycles. The van der Waals surface area contributed by atoms with Crippen molar-refractivity contribution >= 4 is 5.69 Å². The second kappa shape index (κ2) is 5.53. The lowest BCUT2D eigenvalue weighted by atomic mass is 10.1.